The van der Waals surface area contributed by atoms with Crippen LogP contribution in [0.5, 0.6) is 0 Å². The Morgan fingerprint density at radius 2 is 1.92 bits per heavy atom. The van der Waals surface area contributed by atoms with Gasteiger partial charge >= 0.3 is 0 Å². The van der Waals surface area contributed by atoms with Gasteiger partial charge in [-0.15, -0.1) is 0 Å². The highest BCUT2D eigenvalue weighted by molar-refractivity contribution is 6.31. The summed E-state index contributed by atoms with van der Waals surface area (Å²) in [7, 11) is 0. The van der Waals surface area contributed by atoms with E-state index in [0.29, 0.717) is 6.54 Å². The monoisotopic (exact) mass is 343 g/mol. The van der Waals surface area contributed by atoms with Gasteiger partial charge in [-0.05, 0) is 36.6 Å². The van der Waals surface area contributed by atoms with Gasteiger partial charge in [0.2, 0.25) is 5.91 Å². The molecule has 0 saturated heterocycles. The largest absolute Gasteiger partial charge is 0.366 e. The van der Waals surface area contributed by atoms with Crippen molar-refractivity contribution in [3.63, 3.8) is 0 Å². The van der Waals surface area contributed by atoms with Gasteiger partial charge in [-0.25, -0.2) is 4.98 Å². The number of pyridine rings is 1. The van der Waals surface area contributed by atoms with Crippen LogP contribution in [0.4, 0.5) is 11.5 Å². The third-order valence-electron chi connectivity index (χ3n) is 4.42. The third kappa shape index (κ3) is 4.48. The summed E-state index contributed by atoms with van der Waals surface area (Å²) in [5.74, 6) is 1.02. The molecule has 1 amide bonds. The molecular formula is C19H22ClN3O. The van der Waals surface area contributed by atoms with Crippen molar-refractivity contribution < 1.29 is 4.79 Å². The molecule has 0 unspecified atom stereocenters. The van der Waals surface area contributed by atoms with Crippen LogP contribution in [0.2, 0.25) is 5.02 Å². The average Bonchev–Trinajstić information content (AvgIpc) is 2.63. The second kappa shape index (κ2) is 8.15. The minimum atomic E-state index is 0.119. The molecule has 0 atom stereocenters. The Morgan fingerprint density at radius 1 is 1.12 bits per heavy atom. The van der Waals surface area contributed by atoms with E-state index >= 15 is 0 Å². The van der Waals surface area contributed by atoms with Crippen molar-refractivity contribution in [1.82, 2.24) is 4.98 Å². The van der Waals surface area contributed by atoms with Crippen molar-refractivity contribution in [3.05, 3.63) is 53.2 Å². The molecular weight excluding hydrogens is 322 g/mol. The zero-order valence-corrected chi connectivity index (χ0v) is 14.4. The number of benzene rings is 1. The van der Waals surface area contributed by atoms with Gasteiger partial charge in [-0.2, -0.15) is 0 Å². The summed E-state index contributed by atoms with van der Waals surface area (Å²) in [4.78, 5) is 16.6. The van der Waals surface area contributed by atoms with Crippen molar-refractivity contribution in [1.29, 1.82) is 0 Å². The number of hydrogen-bond donors (Lipinski definition) is 2. The van der Waals surface area contributed by atoms with E-state index in [4.69, 9.17) is 11.6 Å². The van der Waals surface area contributed by atoms with E-state index in [-0.39, 0.29) is 11.8 Å². The second-order valence-electron chi connectivity index (χ2n) is 6.20. The molecule has 0 spiro atoms. The Labute approximate surface area is 147 Å². The molecule has 1 heterocycles. The number of hydrogen-bond acceptors (Lipinski definition) is 3. The summed E-state index contributed by atoms with van der Waals surface area (Å²) < 4.78 is 0. The van der Waals surface area contributed by atoms with Crippen LogP contribution in [0, 0.1) is 5.92 Å². The number of carbonyl (C=O) groups excluding carboxylic acids is 1. The maximum absolute atomic E-state index is 12.2. The summed E-state index contributed by atoms with van der Waals surface area (Å²) in [6, 6.07) is 11.5. The van der Waals surface area contributed by atoms with Gasteiger partial charge in [-0.3, -0.25) is 4.79 Å². The van der Waals surface area contributed by atoms with Crippen LogP contribution in [-0.2, 0) is 11.3 Å². The third-order valence-corrected chi connectivity index (χ3v) is 4.79. The molecule has 1 aliphatic rings. The van der Waals surface area contributed by atoms with Crippen molar-refractivity contribution in [2.24, 2.45) is 5.92 Å². The van der Waals surface area contributed by atoms with Crippen LogP contribution in [0.25, 0.3) is 0 Å². The predicted molar refractivity (Wildman–Crippen MR) is 98.2 cm³/mol. The highest BCUT2D eigenvalue weighted by Gasteiger charge is 2.20. The minimum Gasteiger partial charge on any atom is -0.366 e. The summed E-state index contributed by atoms with van der Waals surface area (Å²) >= 11 is 6.14. The smallest absolute Gasteiger partial charge is 0.227 e. The lowest BCUT2D eigenvalue weighted by Crippen LogP contribution is -2.24. The highest BCUT2D eigenvalue weighted by atomic mass is 35.5. The number of amides is 1. The van der Waals surface area contributed by atoms with Crippen LogP contribution < -0.4 is 10.6 Å². The van der Waals surface area contributed by atoms with E-state index in [1.807, 2.05) is 36.4 Å². The van der Waals surface area contributed by atoms with E-state index in [1.54, 1.807) is 6.20 Å². The van der Waals surface area contributed by atoms with Gasteiger partial charge in [0.15, 0.2) is 0 Å². The molecule has 3 rings (SSSR count). The SMILES string of the molecule is O=C(Nc1ccc(NCc2ccccc2Cl)nc1)C1CCCCC1. The van der Waals surface area contributed by atoms with Gasteiger partial charge in [-0.1, -0.05) is 49.1 Å². The molecule has 2 N–H and O–H groups in total. The number of rotatable bonds is 5. The normalized spacial score (nSPS) is 15.0. The quantitative estimate of drug-likeness (QED) is 0.814. The van der Waals surface area contributed by atoms with Crippen LogP contribution in [0.1, 0.15) is 37.7 Å². The lowest BCUT2D eigenvalue weighted by molar-refractivity contribution is -0.120. The summed E-state index contributed by atoms with van der Waals surface area (Å²) in [5.41, 5.74) is 1.77. The Bertz CT molecular complexity index is 681. The van der Waals surface area contributed by atoms with E-state index in [1.165, 1.54) is 6.42 Å². The zero-order chi connectivity index (χ0) is 16.8. The number of carbonyl (C=O) groups is 1. The zero-order valence-electron chi connectivity index (χ0n) is 13.6. The van der Waals surface area contributed by atoms with Gasteiger partial charge in [0.1, 0.15) is 5.82 Å². The van der Waals surface area contributed by atoms with Crippen molar-refractivity contribution in [2.75, 3.05) is 10.6 Å². The Kier molecular flexibility index (Phi) is 5.70. The van der Waals surface area contributed by atoms with Crippen LogP contribution in [-0.4, -0.2) is 10.9 Å². The molecule has 4 nitrogen and oxygen atoms in total. The van der Waals surface area contributed by atoms with Gasteiger partial charge < -0.3 is 10.6 Å². The molecule has 1 aliphatic carbocycles. The molecule has 24 heavy (non-hydrogen) atoms. The first-order valence-corrected chi connectivity index (χ1v) is 8.84. The molecule has 0 bridgehead atoms. The Balaban J connectivity index is 1.53. The first-order chi connectivity index (χ1) is 11.7. The molecule has 1 aromatic carbocycles. The lowest BCUT2D eigenvalue weighted by atomic mass is 9.88. The number of anilines is 2. The summed E-state index contributed by atoms with van der Waals surface area (Å²) in [5, 5.41) is 6.95. The Hall–Kier alpha value is -2.07. The molecule has 126 valence electrons. The Morgan fingerprint density at radius 3 is 2.62 bits per heavy atom. The van der Waals surface area contributed by atoms with E-state index in [2.05, 4.69) is 15.6 Å². The molecule has 5 heteroatoms. The lowest BCUT2D eigenvalue weighted by Gasteiger charge is -2.20. The van der Waals surface area contributed by atoms with Crippen LogP contribution in [0.15, 0.2) is 42.6 Å². The number of nitrogens with zero attached hydrogens (tertiary/aromatic N) is 1. The van der Waals surface area contributed by atoms with Crippen LogP contribution >= 0.6 is 11.6 Å². The van der Waals surface area contributed by atoms with E-state index in [9.17, 15) is 4.79 Å². The topological polar surface area (TPSA) is 54.0 Å². The maximum Gasteiger partial charge on any atom is 0.227 e. The maximum atomic E-state index is 12.2. The second-order valence-corrected chi connectivity index (χ2v) is 6.61. The number of nitrogens with one attached hydrogen (secondary N) is 2. The molecule has 1 fully saturated rings. The molecule has 0 aliphatic heterocycles. The molecule has 1 saturated carbocycles. The fourth-order valence-electron chi connectivity index (χ4n) is 3.01. The highest BCUT2D eigenvalue weighted by Crippen LogP contribution is 2.25. The van der Waals surface area contributed by atoms with E-state index in [0.717, 1.165) is 47.8 Å². The van der Waals surface area contributed by atoms with Crippen molar-refractivity contribution in [3.8, 4) is 0 Å². The first kappa shape index (κ1) is 16.8. The van der Waals surface area contributed by atoms with Gasteiger partial charge in [0.05, 0.1) is 11.9 Å². The summed E-state index contributed by atoms with van der Waals surface area (Å²) in [6.07, 6.45) is 7.24. The fraction of sp³-hybridized carbons (Fsp3) is 0.368. The fourth-order valence-corrected chi connectivity index (χ4v) is 3.21. The molecule has 2 aromatic rings. The first-order valence-electron chi connectivity index (χ1n) is 8.46. The van der Waals surface area contributed by atoms with Gasteiger partial charge in [0, 0.05) is 17.5 Å². The van der Waals surface area contributed by atoms with E-state index < -0.39 is 0 Å². The average molecular weight is 344 g/mol. The van der Waals surface area contributed by atoms with Gasteiger partial charge in [0.25, 0.3) is 0 Å². The molecule has 1 aromatic heterocycles. The predicted octanol–water partition coefficient (Wildman–Crippen LogP) is 4.87. The summed E-state index contributed by atoms with van der Waals surface area (Å²) in [6.45, 7) is 0.612. The minimum absolute atomic E-state index is 0.119. The molecule has 0 radical (unpaired) electrons. The van der Waals surface area contributed by atoms with Crippen LogP contribution in [0.3, 0.4) is 0 Å². The number of halogens is 1. The van der Waals surface area contributed by atoms with Crippen molar-refractivity contribution in [2.45, 2.75) is 38.6 Å². The number of aromatic nitrogens is 1. The van der Waals surface area contributed by atoms with Crippen molar-refractivity contribution >= 4 is 29.0 Å². The standard InChI is InChI=1S/C19H22ClN3O/c20-17-9-5-4-8-15(17)12-21-18-11-10-16(13-22-18)23-19(24)14-6-2-1-3-7-14/h4-5,8-11,13-14H,1-3,6-7,12H2,(H,21,22)(H,23,24).